The average molecular weight is 237 g/mol. The number of nitrogens with one attached hydrogen (secondary N) is 1. The van der Waals surface area contributed by atoms with Gasteiger partial charge in [0.05, 0.1) is 5.69 Å². The van der Waals surface area contributed by atoms with Crippen molar-refractivity contribution in [3.63, 3.8) is 0 Å². The maximum atomic E-state index is 11.0. The fourth-order valence-corrected chi connectivity index (χ4v) is 1.32. The molecule has 0 radical (unpaired) electrons. The molecule has 0 aromatic heterocycles. The lowest BCUT2D eigenvalue weighted by Gasteiger charge is -2.16. The number of anilines is 1. The molecule has 0 aliphatic heterocycles. The van der Waals surface area contributed by atoms with Crippen LogP contribution in [-0.2, 0) is 9.59 Å². The van der Waals surface area contributed by atoms with Gasteiger partial charge in [-0.25, -0.2) is 4.79 Å². The van der Waals surface area contributed by atoms with Crippen LogP contribution in [0.5, 0.6) is 5.75 Å². The molecule has 0 saturated heterocycles. The molecule has 0 aliphatic rings. The Morgan fingerprint density at radius 2 is 2.06 bits per heavy atom. The lowest BCUT2D eigenvalue weighted by Crippen LogP contribution is -2.26. The third-order valence-electron chi connectivity index (χ3n) is 2.11. The van der Waals surface area contributed by atoms with Gasteiger partial charge in [0.2, 0.25) is 5.91 Å². The summed E-state index contributed by atoms with van der Waals surface area (Å²) in [6, 6.07) is 6.73. The number of carboxylic acid groups (broad SMARTS) is 1. The number of hydrogen-bond donors (Lipinski definition) is 2. The van der Waals surface area contributed by atoms with Gasteiger partial charge >= 0.3 is 5.97 Å². The van der Waals surface area contributed by atoms with Gasteiger partial charge in [-0.05, 0) is 18.6 Å². The molecule has 0 heterocycles. The Balaban J connectivity index is 2.89. The number of carboxylic acids is 1. The predicted molar refractivity (Wildman–Crippen MR) is 63.1 cm³/mol. The minimum absolute atomic E-state index is 0.232. The molecule has 0 spiro atoms. The van der Waals surface area contributed by atoms with E-state index in [1.165, 1.54) is 6.92 Å². The summed E-state index contributed by atoms with van der Waals surface area (Å²) >= 11 is 0. The van der Waals surface area contributed by atoms with Gasteiger partial charge < -0.3 is 15.2 Å². The van der Waals surface area contributed by atoms with Crippen molar-refractivity contribution in [3.05, 3.63) is 24.3 Å². The van der Waals surface area contributed by atoms with Gasteiger partial charge in [0.25, 0.3) is 0 Å². The number of carbonyl (C=O) groups is 2. The topological polar surface area (TPSA) is 75.6 Å². The third kappa shape index (κ3) is 3.79. The van der Waals surface area contributed by atoms with Crippen LogP contribution in [0.15, 0.2) is 24.3 Å². The molecule has 0 saturated carbocycles. The first-order valence-corrected chi connectivity index (χ1v) is 5.30. The van der Waals surface area contributed by atoms with E-state index in [1.807, 2.05) is 0 Å². The van der Waals surface area contributed by atoms with E-state index >= 15 is 0 Å². The summed E-state index contributed by atoms with van der Waals surface area (Å²) in [4.78, 5) is 21.8. The highest BCUT2D eigenvalue weighted by atomic mass is 16.5. The molecule has 1 aromatic carbocycles. The van der Waals surface area contributed by atoms with Crippen LogP contribution in [0.1, 0.15) is 20.3 Å². The van der Waals surface area contributed by atoms with Crippen molar-refractivity contribution in [2.24, 2.45) is 0 Å². The second-order valence-corrected chi connectivity index (χ2v) is 3.53. The SMILES string of the molecule is CCC(Oc1ccccc1NC(C)=O)C(=O)O. The summed E-state index contributed by atoms with van der Waals surface area (Å²) in [5, 5.41) is 11.5. The van der Waals surface area contributed by atoms with E-state index < -0.39 is 12.1 Å². The average Bonchev–Trinajstić information content (AvgIpc) is 2.26. The van der Waals surface area contributed by atoms with Crippen LogP contribution in [0.2, 0.25) is 0 Å². The molecule has 5 heteroatoms. The molecule has 0 bridgehead atoms. The van der Waals surface area contributed by atoms with Gasteiger partial charge in [0.1, 0.15) is 5.75 Å². The van der Waals surface area contributed by atoms with Crippen LogP contribution >= 0.6 is 0 Å². The standard InChI is InChI=1S/C12H15NO4/c1-3-10(12(15)16)17-11-7-5-4-6-9(11)13-8(2)14/h4-7,10H,3H2,1-2H3,(H,13,14)(H,15,16). The molecule has 0 aliphatic carbocycles. The maximum Gasteiger partial charge on any atom is 0.344 e. The van der Waals surface area contributed by atoms with Crippen molar-refractivity contribution in [1.82, 2.24) is 0 Å². The largest absolute Gasteiger partial charge is 0.479 e. The molecule has 5 nitrogen and oxygen atoms in total. The molecule has 92 valence electrons. The number of para-hydroxylation sites is 2. The van der Waals surface area contributed by atoms with E-state index in [9.17, 15) is 9.59 Å². The molecule has 1 atom stereocenters. The van der Waals surface area contributed by atoms with E-state index in [4.69, 9.17) is 9.84 Å². The number of ether oxygens (including phenoxy) is 1. The molecule has 17 heavy (non-hydrogen) atoms. The number of amides is 1. The van der Waals surface area contributed by atoms with Gasteiger partial charge in [-0.1, -0.05) is 19.1 Å². The smallest absolute Gasteiger partial charge is 0.344 e. The summed E-state index contributed by atoms with van der Waals surface area (Å²) in [5.74, 6) is -0.897. The summed E-state index contributed by atoms with van der Waals surface area (Å²) in [5.41, 5.74) is 0.472. The fraction of sp³-hybridized carbons (Fsp3) is 0.333. The normalized spacial score (nSPS) is 11.6. The van der Waals surface area contributed by atoms with Crippen LogP contribution in [-0.4, -0.2) is 23.1 Å². The Kier molecular flexibility index (Phi) is 4.51. The van der Waals surface area contributed by atoms with Gasteiger partial charge in [-0.2, -0.15) is 0 Å². The highest BCUT2D eigenvalue weighted by molar-refractivity contribution is 5.90. The highest BCUT2D eigenvalue weighted by Gasteiger charge is 2.18. The minimum atomic E-state index is -1.02. The van der Waals surface area contributed by atoms with Crippen molar-refractivity contribution in [1.29, 1.82) is 0 Å². The summed E-state index contributed by atoms with van der Waals surface area (Å²) < 4.78 is 5.34. The van der Waals surface area contributed by atoms with Gasteiger partial charge in [-0.15, -0.1) is 0 Å². The van der Waals surface area contributed by atoms with Crippen molar-refractivity contribution in [2.75, 3.05) is 5.32 Å². The second kappa shape index (κ2) is 5.89. The lowest BCUT2D eigenvalue weighted by atomic mass is 10.2. The van der Waals surface area contributed by atoms with E-state index in [1.54, 1.807) is 31.2 Å². The number of rotatable bonds is 5. The van der Waals surface area contributed by atoms with Crippen LogP contribution < -0.4 is 10.1 Å². The monoisotopic (exact) mass is 237 g/mol. The number of carbonyl (C=O) groups excluding carboxylic acids is 1. The number of hydrogen-bond acceptors (Lipinski definition) is 3. The van der Waals surface area contributed by atoms with Crippen LogP contribution in [0.4, 0.5) is 5.69 Å². The van der Waals surface area contributed by atoms with Crippen molar-refractivity contribution in [3.8, 4) is 5.75 Å². The first kappa shape index (κ1) is 13.0. The second-order valence-electron chi connectivity index (χ2n) is 3.53. The van der Waals surface area contributed by atoms with Gasteiger partial charge in [0, 0.05) is 6.92 Å². The molecule has 0 fully saturated rings. The Hall–Kier alpha value is -2.04. The maximum absolute atomic E-state index is 11.0. The van der Waals surface area contributed by atoms with Crippen LogP contribution in [0, 0.1) is 0 Å². The third-order valence-corrected chi connectivity index (χ3v) is 2.11. The van der Waals surface area contributed by atoms with E-state index in [0.717, 1.165) is 0 Å². The molecule has 2 N–H and O–H groups in total. The molecule has 1 aromatic rings. The number of aliphatic carboxylic acids is 1. The minimum Gasteiger partial charge on any atom is -0.479 e. The van der Waals surface area contributed by atoms with Gasteiger partial charge in [0.15, 0.2) is 6.10 Å². The zero-order valence-electron chi connectivity index (χ0n) is 9.77. The Morgan fingerprint density at radius 3 is 2.59 bits per heavy atom. The molecular formula is C12H15NO4. The van der Waals surface area contributed by atoms with Crippen molar-refractivity contribution in [2.45, 2.75) is 26.4 Å². The Bertz CT molecular complexity index is 417. The summed E-state index contributed by atoms with van der Waals surface area (Å²) in [7, 11) is 0. The number of benzene rings is 1. The Morgan fingerprint density at radius 1 is 1.41 bits per heavy atom. The first-order valence-electron chi connectivity index (χ1n) is 5.30. The molecule has 1 rings (SSSR count). The molecule has 1 amide bonds. The van der Waals surface area contributed by atoms with Crippen molar-refractivity contribution < 1.29 is 19.4 Å². The lowest BCUT2D eigenvalue weighted by molar-refractivity contribution is -0.145. The van der Waals surface area contributed by atoms with E-state index in [-0.39, 0.29) is 5.91 Å². The Labute approximate surface area is 99.4 Å². The fourth-order valence-electron chi connectivity index (χ4n) is 1.32. The van der Waals surface area contributed by atoms with Crippen molar-refractivity contribution >= 4 is 17.6 Å². The highest BCUT2D eigenvalue weighted by Crippen LogP contribution is 2.25. The van der Waals surface area contributed by atoms with Gasteiger partial charge in [-0.3, -0.25) is 4.79 Å². The summed E-state index contributed by atoms with van der Waals surface area (Å²) in [6.07, 6.45) is -0.561. The first-order chi connectivity index (χ1) is 8.04. The predicted octanol–water partition coefficient (Wildman–Crippen LogP) is 1.89. The zero-order chi connectivity index (χ0) is 12.8. The zero-order valence-corrected chi connectivity index (χ0v) is 9.77. The van der Waals surface area contributed by atoms with E-state index in [0.29, 0.717) is 17.9 Å². The van der Waals surface area contributed by atoms with Crippen LogP contribution in [0.25, 0.3) is 0 Å². The summed E-state index contributed by atoms with van der Waals surface area (Å²) in [6.45, 7) is 3.10. The quantitative estimate of drug-likeness (QED) is 0.819. The molecule has 1 unspecified atom stereocenters. The van der Waals surface area contributed by atoms with Crippen LogP contribution in [0.3, 0.4) is 0 Å². The molecular weight excluding hydrogens is 222 g/mol. The van der Waals surface area contributed by atoms with E-state index in [2.05, 4.69) is 5.32 Å².